The van der Waals surface area contributed by atoms with Gasteiger partial charge in [-0.1, -0.05) is 31.2 Å². The Hall–Kier alpha value is -2.49. The van der Waals surface area contributed by atoms with Crippen molar-refractivity contribution in [3.05, 3.63) is 54.1 Å². The molecule has 1 atom stereocenters. The molecule has 0 bridgehead atoms. The first-order chi connectivity index (χ1) is 11.7. The van der Waals surface area contributed by atoms with E-state index in [0.717, 1.165) is 36.5 Å². The second-order valence-electron chi connectivity index (χ2n) is 6.11. The molecule has 4 heteroatoms. The van der Waals surface area contributed by atoms with E-state index in [4.69, 9.17) is 4.74 Å². The molecule has 0 aliphatic carbocycles. The lowest BCUT2D eigenvalue weighted by atomic mass is 10.2. The number of anilines is 2. The number of para-hydroxylation sites is 1. The van der Waals surface area contributed by atoms with Gasteiger partial charge in [0.2, 0.25) is 5.91 Å². The Balaban J connectivity index is 1.67. The average molecular weight is 324 g/mol. The quantitative estimate of drug-likeness (QED) is 0.877. The SMILES string of the molecule is CCCOc1cccc(NC(C)C(=O)N2CCc3ccccc32)c1. The third-order valence-corrected chi connectivity index (χ3v) is 4.21. The van der Waals surface area contributed by atoms with E-state index < -0.39 is 0 Å². The van der Waals surface area contributed by atoms with Crippen LogP contribution in [0.25, 0.3) is 0 Å². The van der Waals surface area contributed by atoms with Crippen molar-refractivity contribution in [1.82, 2.24) is 0 Å². The first kappa shape index (κ1) is 16.4. The van der Waals surface area contributed by atoms with Crippen molar-refractivity contribution in [3.8, 4) is 5.75 Å². The van der Waals surface area contributed by atoms with Crippen molar-refractivity contribution >= 4 is 17.3 Å². The standard InChI is InChI=1S/C20H24N2O2/c1-3-13-24-18-9-6-8-17(14-18)21-15(2)20(23)22-12-11-16-7-4-5-10-19(16)22/h4-10,14-15,21H,3,11-13H2,1-2H3. The van der Waals surface area contributed by atoms with Gasteiger partial charge in [0.1, 0.15) is 11.8 Å². The monoisotopic (exact) mass is 324 g/mol. The predicted octanol–water partition coefficient (Wildman–Crippen LogP) is 3.87. The minimum Gasteiger partial charge on any atom is -0.494 e. The topological polar surface area (TPSA) is 41.6 Å². The van der Waals surface area contributed by atoms with Crippen LogP contribution in [-0.2, 0) is 11.2 Å². The van der Waals surface area contributed by atoms with Crippen LogP contribution >= 0.6 is 0 Å². The van der Waals surface area contributed by atoms with Crippen LogP contribution in [0.5, 0.6) is 5.75 Å². The van der Waals surface area contributed by atoms with Crippen LogP contribution < -0.4 is 15.0 Å². The molecule has 0 saturated heterocycles. The molecule has 0 fully saturated rings. The smallest absolute Gasteiger partial charge is 0.249 e. The number of carbonyl (C=O) groups is 1. The Morgan fingerprint density at radius 1 is 1.25 bits per heavy atom. The third-order valence-electron chi connectivity index (χ3n) is 4.21. The molecule has 0 radical (unpaired) electrons. The van der Waals surface area contributed by atoms with Gasteiger partial charge in [0, 0.05) is 24.0 Å². The molecule has 1 N–H and O–H groups in total. The maximum absolute atomic E-state index is 12.8. The van der Waals surface area contributed by atoms with Gasteiger partial charge in [-0.05, 0) is 43.5 Å². The number of nitrogens with one attached hydrogen (secondary N) is 1. The van der Waals surface area contributed by atoms with E-state index in [1.165, 1.54) is 5.56 Å². The van der Waals surface area contributed by atoms with Gasteiger partial charge < -0.3 is 15.0 Å². The summed E-state index contributed by atoms with van der Waals surface area (Å²) >= 11 is 0. The summed E-state index contributed by atoms with van der Waals surface area (Å²) in [7, 11) is 0. The van der Waals surface area contributed by atoms with Crippen LogP contribution in [-0.4, -0.2) is 25.1 Å². The zero-order valence-corrected chi connectivity index (χ0v) is 14.3. The Morgan fingerprint density at radius 2 is 2.08 bits per heavy atom. The number of fused-ring (bicyclic) bond motifs is 1. The number of benzene rings is 2. The molecule has 3 rings (SSSR count). The van der Waals surface area contributed by atoms with Crippen LogP contribution in [0.15, 0.2) is 48.5 Å². The fourth-order valence-electron chi connectivity index (χ4n) is 3.01. The highest BCUT2D eigenvalue weighted by Gasteiger charge is 2.27. The molecule has 1 heterocycles. The third kappa shape index (κ3) is 3.53. The molecular weight excluding hydrogens is 300 g/mol. The zero-order valence-electron chi connectivity index (χ0n) is 14.3. The summed E-state index contributed by atoms with van der Waals surface area (Å²) in [5.41, 5.74) is 3.18. The molecule has 2 aromatic rings. The van der Waals surface area contributed by atoms with E-state index in [1.54, 1.807) is 0 Å². The molecule has 4 nitrogen and oxygen atoms in total. The lowest BCUT2D eigenvalue weighted by molar-refractivity contribution is -0.118. The number of nitrogens with zero attached hydrogens (tertiary/aromatic N) is 1. The highest BCUT2D eigenvalue weighted by molar-refractivity contribution is 6.00. The van der Waals surface area contributed by atoms with Gasteiger partial charge in [-0.2, -0.15) is 0 Å². The molecule has 1 aliphatic heterocycles. The van der Waals surface area contributed by atoms with E-state index >= 15 is 0 Å². The summed E-state index contributed by atoms with van der Waals surface area (Å²) < 4.78 is 5.65. The van der Waals surface area contributed by atoms with Crippen LogP contribution in [0.1, 0.15) is 25.8 Å². The maximum atomic E-state index is 12.8. The van der Waals surface area contributed by atoms with Gasteiger partial charge in [0.15, 0.2) is 0 Å². The van der Waals surface area contributed by atoms with E-state index in [2.05, 4.69) is 18.3 Å². The summed E-state index contributed by atoms with van der Waals surface area (Å²) in [5, 5.41) is 3.29. The Morgan fingerprint density at radius 3 is 2.92 bits per heavy atom. The summed E-state index contributed by atoms with van der Waals surface area (Å²) in [5.74, 6) is 0.924. The van der Waals surface area contributed by atoms with Gasteiger partial charge in [-0.15, -0.1) is 0 Å². The summed E-state index contributed by atoms with van der Waals surface area (Å²) in [6, 6.07) is 15.6. The first-order valence-corrected chi connectivity index (χ1v) is 8.57. The van der Waals surface area contributed by atoms with E-state index in [-0.39, 0.29) is 11.9 Å². The van der Waals surface area contributed by atoms with Crippen LogP contribution in [0.3, 0.4) is 0 Å². The second-order valence-corrected chi connectivity index (χ2v) is 6.11. The molecular formula is C20H24N2O2. The minimum absolute atomic E-state index is 0.0971. The molecule has 0 spiro atoms. The largest absolute Gasteiger partial charge is 0.494 e. The van der Waals surface area contributed by atoms with Crippen molar-refractivity contribution in [3.63, 3.8) is 0 Å². The van der Waals surface area contributed by atoms with Crippen molar-refractivity contribution in [2.45, 2.75) is 32.7 Å². The lowest BCUT2D eigenvalue weighted by Gasteiger charge is -2.23. The minimum atomic E-state index is -0.294. The highest BCUT2D eigenvalue weighted by atomic mass is 16.5. The fourth-order valence-corrected chi connectivity index (χ4v) is 3.01. The van der Waals surface area contributed by atoms with Crippen molar-refractivity contribution in [2.75, 3.05) is 23.4 Å². The van der Waals surface area contributed by atoms with E-state index in [0.29, 0.717) is 6.61 Å². The fraction of sp³-hybridized carbons (Fsp3) is 0.350. The number of rotatable bonds is 6. The zero-order chi connectivity index (χ0) is 16.9. The average Bonchev–Trinajstić information content (AvgIpc) is 3.03. The van der Waals surface area contributed by atoms with Gasteiger partial charge in [-0.25, -0.2) is 0 Å². The number of carbonyl (C=O) groups excluding carboxylic acids is 1. The number of hydrogen-bond acceptors (Lipinski definition) is 3. The molecule has 1 unspecified atom stereocenters. The van der Waals surface area contributed by atoms with E-state index in [9.17, 15) is 4.79 Å². The second kappa shape index (κ2) is 7.39. The first-order valence-electron chi connectivity index (χ1n) is 8.57. The molecule has 2 aromatic carbocycles. The normalized spacial score (nSPS) is 14.2. The Labute approximate surface area is 143 Å². The Bertz CT molecular complexity index is 714. The summed E-state index contributed by atoms with van der Waals surface area (Å²) in [6.45, 7) is 5.44. The summed E-state index contributed by atoms with van der Waals surface area (Å²) in [6.07, 6.45) is 1.90. The van der Waals surface area contributed by atoms with Gasteiger partial charge in [-0.3, -0.25) is 4.79 Å². The highest BCUT2D eigenvalue weighted by Crippen LogP contribution is 2.28. The van der Waals surface area contributed by atoms with Gasteiger partial charge >= 0.3 is 0 Å². The molecule has 126 valence electrons. The summed E-state index contributed by atoms with van der Waals surface area (Å²) in [4.78, 5) is 14.7. The maximum Gasteiger partial charge on any atom is 0.249 e. The van der Waals surface area contributed by atoms with Gasteiger partial charge in [0.05, 0.1) is 6.61 Å². The van der Waals surface area contributed by atoms with Gasteiger partial charge in [0.25, 0.3) is 0 Å². The van der Waals surface area contributed by atoms with Crippen LogP contribution in [0.2, 0.25) is 0 Å². The Kier molecular flexibility index (Phi) is 5.04. The lowest BCUT2D eigenvalue weighted by Crippen LogP contribution is -2.40. The van der Waals surface area contributed by atoms with Crippen LogP contribution in [0, 0.1) is 0 Å². The van der Waals surface area contributed by atoms with E-state index in [1.807, 2.05) is 54.3 Å². The molecule has 24 heavy (non-hydrogen) atoms. The molecule has 0 aromatic heterocycles. The number of hydrogen-bond donors (Lipinski definition) is 1. The van der Waals surface area contributed by atoms with Crippen LogP contribution in [0.4, 0.5) is 11.4 Å². The molecule has 1 amide bonds. The molecule has 1 aliphatic rings. The van der Waals surface area contributed by atoms with Crippen molar-refractivity contribution < 1.29 is 9.53 Å². The predicted molar refractivity (Wildman–Crippen MR) is 97.8 cm³/mol. The molecule has 0 saturated carbocycles. The number of amides is 1. The number of ether oxygens (including phenoxy) is 1. The van der Waals surface area contributed by atoms with Crippen molar-refractivity contribution in [2.24, 2.45) is 0 Å². The van der Waals surface area contributed by atoms with Crippen molar-refractivity contribution in [1.29, 1.82) is 0 Å².